The van der Waals surface area contributed by atoms with Gasteiger partial charge in [0.05, 0.1) is 12.2 Å². The maximum atomic E-state index is 15.2. The van der Waals surface area contributed by atoms with Crippen LogP contribution in [0.4, 0.5) is 17.6 Å². The molecule has 2 saturated heterocycles. The molecule has 0 unspecified atom stereocenters. The Hall–Kier alpha value is -5.27. The van der Waals surface area contributed by atoms with Crippen molar-refractivity contribution < 1.29 is 51.1 Å². The van der Waals surface area contributed by atoms with Gasteiger partial charge in [-0.15, -0.1) is 0 Å². The van der Waals surface area contributed by atoms with Crippen LogP contribution in [-0.2, 0) is 47.0 Å². The van der Waals surface area contributed by atoms with Crippen LogP contribution in [0.1, 0.15) is 116 Å². The molecule has 16 nitrogen and oxygen atoms in total. The topological polar surface area (TPSA) is 195 Å². The minimum Gasteiger partial charge on any atom is -0.354 e. The van der Waals surface area contributed by atoms with Crippen molar-refractivity contribution in [1.82, 2.24) is 45.7 Å². The standard InChI is InChI=1S/C51H70ClF4N9O7/c1-28(2)20-36-44(69)64(8)38(22-31-21-32(52)15-16-34(31)35-25-62(6)61-29(35)3)43(68)60-48(4,5)46(71)57-19-10-9-12-37(41(66)58-36)63(7)45(70)40(30-13-14-30)59-42(67)39-23-33(53)24-65(39)47(72)50(51(54,55)56)26-49(27-50)17-11-18-49/h15-16,21,25,28,30,33,36-40H,9-14,17-20,22-24,26-27H2,1-8H3,(H,57,71)(H,58,66)(H,59,67)(H,60,68)/t33-,36+,37+,38+,39+,40+/m1/s1. The third-order valence-corrected chi connectivity index (χ3v) is 16.0. The van der Waals surface area contributed by atoms with Crippen molar-refractivity contribution in [3.63, 3.8) is 0 Å². The molecule has 5 fully saturated rings. The van der Waals surface area contributed by atoms with E-state index in [1.54, 1.807) is 37.7 Å². The number of amides is 7. The molecule has 3 saturated carbocycles. The van der Waals surface area contributed by atoms with Gasteiger partial charge in [-0.1, -0.05) is 37.9 Å². The van der Waals surface area contributed by atoms with Crippen LogP contribution >= 0.6 is 11.6 Å². The molecule has 0 radical (unpaired) electrons. The fraction of sp³-hybridized carbons (Fsp3) is 0.686. The summed E-state index contributed by atoms with van der Waals surface area (Å²) in [5, 5.41) is 16.1. The van der Waals surface area contributed by atoms with Gasteiger partial charge in [-0.2, -0.15) is 18.3 Å². The SMILES string of the molecule is Cc1nn(C)cc1-c1ccc(Cl)cc1C[C@H]1C(=O)NC(C)(C)C(=O)NCCCC[C@H](N(C)C(=O)[C@@H](NC(=O)[C@@H]2C[C@@H](F)CN2C(=O)C2(C(F)(F)F)CC3(CCC3)C2)C2CC2)C(=O)N[C@@H](CC(C)C)C(=O)N1C. The van der Waals surface area contributed by atoms with E-state index in [4.69, 9.17) is 11.6 Å². The van der Waals surface area contributed by atoms with E-state index < -0.39 is 132 Å². The summed E-state index contributed by atoms with van der Waals surface area (Å²) in [4.78, 5) is 104. The van der Waals surface area contributed by atoms with Crippen molar-refractivity contribution in [1.29, 1.82) is 0 Å². The molecule has 2 aliphatic heterocycles. The van der Waals surface area contributed by atoms with E-state index in [0.717, 1.165) is 17.5 Å². The van der Waals surface area contributed by atoms with Crippen LogP contribution in [0.3, 0.4) is 0 Å². The van der Waals surface area contributed by atoms with Crippen molar-refractivity contribution in [2.75, 3.05) is 27.2 Å². The minimum atomic E-state index is -4.91. The van der Waals surface area contributed by atoms with Gasteiger partial charge in [0.25, 0.3) is 0 Å². The summed E-state index contributed by atoms with van der Waals surface area (Å²) < 4.78 is 61.0. The Balaban J connectivity index is 1.15. The third kappa shape index (κ3) is 11.3. The molecule has 21 heteroatoms. The van der Waals surface area contributed by atoms with Gasteiger partial charge in [0.2, 0.25) is 41.4 Å². The Morgan fingerprint density at radius 2 is 1.67 bits per heavy atom. The monoisotopic (exact) mass is 1030 g/mol. The first-order chi connectivity index (χ1) is 33.7. The average Bonchev–Trinajstić information content (AvgIpc) is 3.95. The highest BCUT2D eigenvalue weighted by atomic mass is 35.5. The number of aryl methyl sites for hydroxylation is 2. The number of hydrogen-bond donors (Lipinski definition) is 4. The minimum absolute atomic E-state index is 0.0528. The smallest absolute Gasteiger partial charge is 0.354 e. The largest absolute Gasteiger partial charge is 0.403 e. The Morgan fingerprint density at radius 3 is 2.25 bits per heavy atom. The van der Waals surface area contributed by atoms with Gasteiger partial charge in [-0.05, 0) is 125 Å². The molecule has 0 bridgehead atoms. The van der Waals surface area contributed by atoms with E-state index in [9.17, 15) is 46.7 Å². The number of carbonyl (C=O) groups excluding carboxylic acids is 7. The predicted octanol–water partition coefficient (Wildman–Crippen LogP) is 5.32. The Morgan fingerprint density at radius 1 is 0.986 bits per heavy atom. The Labute approximate surface area is 423 Å². The zero-order chi connectivity index (χ0) is 52.8. The number of halogens is 5. The summed E-state index contributed by atoms with van der Waals surface area (Å²) in [6, 6.07) is -1.32. The normalized spacial score (nSPS) is 26.3. The number of benzene rings is 1. The first-order valence-electron chi connectivity index (χ1n) is 25.2. The molecule has 396 valence electrons. The molecule has 72 heavy (non-hydrogen) atoms. The van der Waals surface area contributed by atoms with Gasteiger partial charge in [0.15, 0.2) is 0 Å². The molecule has 1 aromatic carbocycles. The molecule has 7 rings (SSSR count). The van der Waals surface area contributed by atoms with E-state index in [1.165, 1.54) is 23.9 Å². The van der Waals surface area contributed by atoms with Gasteiger partial charge in [-0.25, -0.2) is 4.39 Å². The predicted molar refractivity (Wildman–Crippen MR) is 259 cm³/mol. The summed E-state index contributed by atoms with van der Waals surface area (Å²) in [6.45, 7) is 8.12. The number of hydrogen-bond acceptors (Lipinski definition) is 8. The maximum Gasteiger partial charge on any atom is 0.403 e. The molecule has 3 heterocycles. The molecule has 4 N–H and O–H groups in total. The Kier molecular flexibility index (Phi) is 15.8. The van der Waals surface area contributed by atoms with Crippen LogP contribution < -0.4 is 21.3 Å². The number of carbonyl (C=O) groups is 7. The van der Waals surface area contributed by atoms with E-state index in [0.29, 0.717) is 59.7 Å². The van der Waals surface area contributed by atoms with Crippen LogP contribution in [0.15, 0.2) is 24.4 Å². The lowest BCUT2D eigenvalue weighted by Gasteiger charge is -2.60. The fourth-order valence-corrected chi connectivity index (χ4v) is 11.6. The Bertz CT molecular complexity index is 2430. The summed E-state index contributed by atoms with van der Waals surface area (Å²) in [7, 11) is 4.61. The van der Waals surface area contributed by atoms with Crippen LogP contribution in [0.5, 0.6) is 0 Å². The molecule has 3 aliphatic carbocycles. The van der Waals surface area contributed by atoms with Crippen LogP contribution in [0, 0.1) is 29.6 Å². The summed E-state index contributed by atoms with van der Waals surface area (Å²) >= 11 is 6.55. The maximum absolute atomic E-state index is 15.2. The van der Waals surface area contributed by atoms with Crippen molar-refractivity contribution in [2.24, 2.45) is 29.7 Å². The highest BCUT2D eigenvalue weighted by Crippen LogP contribution is 2.69. The van der Waals surface area contributed by atoms with Gasteiger partial charge in [0.1, 0.15) is 47.3 Å². The zero-order valence-corrected chi connectivity index (χ0v) is 43.3. The molecule has 1 spiro atoms. The molecular weight excluding hydrogens is 962 g/mol. The molecule has 6 atom stereocenters. The van der Waals surface area contributed by atoms with Crippen LogP contribution in [0.2, 0.25) is 5.02 Å². The number of alkyl halides is 4. The summed E-state index contributed by atoms with van der Waals surface area (Å²) in [5.74, 6) is -6.01. The van der Waals surface area contributed by atoms with Crippen molar-refractivity contribution in [3.8, 4) is 11.1 Å². The molecule has 1 aromatic heterocycles. The quantitative estimate of drug-likeness (QED) is 0.217. The van der Waals surface area contributed by atoms with E-state index in [-0.39, 0.29) is 31.7 Å². The lowest BCUT2D eigenvalue weighted by atomic mass is 9.44. The third-order valence-electron chi connectivity index (χ3n) is 15.7. The number of nitrogens with one attached hydrogen (secondary N) is 4. The second kappa shape index (κ2) is 20.9. The first-order valence-corrected chi connectivity index (χ1v) is 25.6. The molecule has 5 aliphatic rings. The lowest BCUT2D eigenvalue weighted by Crippen LogP contribution is -2.66. The average molecular weight is 1030 g/mol. The van der Waals surface area contributed by atoms with Crippen molar-refractivity contribution in [3.05, 3.63) is 40.7 Å². The van der Waals surface area contributed by atoms with Gasteiger partial charge >= 0.3 is 6.18 Å². The zero-order valence-electron chi connectivity index (χ0n) is 42.5. The molecule has 2 aromatic rings. The van der Waals surface area contributed by atoms with Crippen LogP contribution in [-0.4, -0.2) is 141 Å². The van der Waals surface area contributed by atoms with Gasteiger partial charge in [0, 0.05) is 57.3 Å². The summed E-state index contributed by atoms with van der Waals surface area (Å²) in [5.41, 5.74) is -1.92. The lowest BCUT2D eigenvalue weighted by molar-refractivity contribution is -0.285. The van der Waals surface area contributed by atoms with E-state index in [2.05, 4.69) is 26.4 Å². The van der Waals surface area contributed by atoms with Gasteiger partial charge < -0.3 is 36.0 Å². The number of rotatable bonds is 11. The fourth-order valence-electron chi connectivity index (χ4n) is 11.4. The highest BCUT2D eigenvalue weighted by molar-refractivity contribution is 6.30. The van der Waals surface area contributed by atoms with E-state index in [1.807, 2.05) is 33.0 Å². The van der Waals surface area contributed by atoms with E-state index >= 15 is 4.39 Å². The second-order valence-electron chi connectivity index (χ2n) is 22.2. The number of likely N-dealkylation sites (N-methyl/N-ethyl adjacent to an activating group) is 2. The van der Waals surface area contributed by atoms with Crippen molar-refractivity contribution >= 4 is 53.0 Å². The van der Waals surface area contributed by atoms with Gasteiger partial charge in [-0.3, -0.25) is 38.2 Å². The molecular formula is C51H70ClF4N9O7. The number of nitrogens with zero attached hydrogens (tertiary/aromatic N) is 5. The highest BCUT2D eigenvalue weighted by Gasteiger charge is 2.74. The van der Waals surface area contributed by atoms with Crippen LogP contribution in [0.25, 0.3) is 11.1 Å². The van der Waals surface area contributed by atoms with Crippen molar-refractivity contribution in [2.45, 2.75) is 166 Å². The molecule has 7 amide bonds. The number of likely N-dealkylation sites (tertiary alicyclic amines) is 1. The first kappa shape index (κ1) is 54.5. The second-order valence-corrected chi connectivity index (χ2v) is 22.6. The number of aromatic nitrogens is 2. The summed E-state index contributed by atoms with van der Waals surface area (Å²) in [6.07, 6.45) is -2.52.